The van der Waals surface area contributed by atoms with Gasteiger partial charge in [0.15, 0.2) is 0 Å². The molecule has 104 valence electrons. The van der Waals surface area contributed by atoms with Crippen molar-refractivity contribution in [3.8, 4) is 0 Å². The summed E-state index contributed by atoms with van der Waals surface area (Å²) in [6.45, 7) is 4.16. The maximum Gasteiger partial charge on any atom is 0.236 e. The smallest absolute Gasteiger partial charge is 0.236 e. The molecular formula is C13H15BrF2N2O. The molecule has 1 aliphatic heterocycles. The number of amides is 1. The molecule has 0 spiro atoms. The first kappa shape index (κ1) is 14.4. The molecule has 0 unspecified atom stereocenters. The number of nitrogens with zero attached hydrogens (tertiary/aromatic N) is 2. The fraction of sp³-hybridized carbons (Fsp3) is 0.462. The second-order valence-electron chi connectivity index (χ2n) is 4.53. The Hall–Kier alpha value is -1.01. The average Bonchev–Trinajstić information content (AvgIpc) is 2.34. The van der Waals surface area contributed by atoms with Gasteiger partial charge in [-0.05, 0) is 19.1 Å². The van der Waals surface area contributed by atoms with Crippen LogP contribution in [0.25, 0.3) is 0 Å². The van der Waals surface area contributed by atoms with Crippen LogP contribution >= 0.6 is 15.9 Å². The molecule has 0 atom stereocenters. The van der Waals surface area contributed by atoms with Gasteiger partial charge in [-0.15, -0.1) is 0 Å². The van der Waals surface area contributed by atoms with Gasteiger partial charge in [0.2, 0.25) is 5.91 Å². The lowest BCUT2D eigenvalue weighted by molar-refractivity contribution is -0.135. The highest BCUT2D eigenvalue weighted by atomic mass is 79.9. The molecule has 0 radical (unpaired) electrons. The Balaban J connectivity index is 2.09. The fourth-order valence-corrected chi connectivity index (χ4v) is 2.58. The SMILES string of the molecule is CCN1CCN(Cc2c(F)cc(Br)cc2F)CC1=O. The summed E-state index contributed by atoms with van der Waals surface area (Å²) in [7, 11) is 0. The lowest BCUT2D eigenvalue weighted by Gasteiger charge is -2.33. The van der Waals surface area contributed by atoms with Crippen LogP contribution in [0.2, 0.25) is 0 Å². The van der Waals surface area contributed by atoms with Crippen LogP contribution in [0.5, 0.6) is 0 Å². The second-order valence-corrected chi connectivity index (χ2v) is 5.45. The minimum atomic E-state index is -0.586. The van der Waals surface area contributed by atoms with Crippen LogP contribution in [0, 0.1) is 11.6 Å². The van der Waals surface area contributed by atoms with Gasteiger partial charge in [-0.2, -0.15) is 0 Å². The molecule has 1 amide bonds. The summed E-state index contributed by atoms with van der Waals surface area (Å²) in [5, 5.41) is 0. The molecule has 1 aromatic carbocycles. The number of carbonyl (C=O) groups is 1. The van der Waals surface area contributed by atoms with Gasteiger partial charge in [-0.25, -0.2) is 8.78 Å². The highest BCUT2D eigenvalue weighted by Crippen LogP contribution is 2.21. The highest BCUT2D eigenvalue weighted by Gasteiger charge is 2.24. The largest absolute Gasteiger partial charge is 0.341 e. The molecule has 6 heteroatoms. The van der Waals surface area contributed by atoms with Gasteiger partial charge in [0.05, 0.1) is 6.54 Å². The van der Waals surface area contributed by atoms with Crippen molar-refractivity contribution in [3.63, 3.8) is 0 Å². The molecule has 0 bridgehead atoms. The topological polar surface area (TPSA) is 23.6 Å². The number of hydrogen-bond acceptors (Lipinski definition) is 2. The van der Waals surface area contributed by atoms with Crippen molar-refractivity contribution in [1.29, 1.82) is 0 Å². The quantitative estimate of drug-likeness (QED) is 0.848. The van der Waals surface area contributed by atoms with Gasteiger partial charge in [-0.1, -0.05) is 15.9 Å². The molecule has 1 saturated heterocycles. The van der Waals surface area contributed by atoms with Gasteiger partial charge in [0.25, 0.3) is 0 Å². The summed E-state index contributed by atoms with van der Waals surface area (Å²) in [5.74, 6) is -1.17. The molecule has 0 aliphatic carbocycles. The first-order chi connectivity index (χ1) is 9.01. The van der Waals surface area contributed by atoms with Crippen molar-refractivity contribution < 1.29 is 13.6 Å². The maximum atomic E-state index is 13.7. The van der Waals surface area contributed by atoms with Crippen LogP contribution in [0.4, 0.5) is 8.78 Å². The molecule has 1 fully saturated rings. The number of likely N-dealkylation sites (N-methyl/N-ethyl adjacent to an activating group) is 1. The van der Waals surface area contributed by atoms with E-state index in [1.54, 1.807) is 9.80 Å². The van der Waals surface area contributed by atoms with Crippen molar-refractivity contribution >= 4 is 21.8 Å². The normalized spacial score (nSPS) is 17.1. The molecule has 2 rings (SSSR count). The number of piperazine rings is 1. The monoisotopic (exact) mass is 332 g/mol. The maximum absolute atomic E-state index is 13.7. The Bertz CT molecular complexity index is 473. The number of halogens is 3. The van der Waals surface area contributed by atoms with E-state index in [4.69, 9.17) is 0 Å². The summed E-state index contributed by atoms with van der Waals surface area (Å²) in [6, 6.07) is 2.48. The van der Waals surface area contributed by atoms with E-state index < -0.39 is 11.6 Å². The van der Waals surface area contributed by atoms with E-state index in [9.17, 15) is 13.6 Å². The Morgan fingerprint density at radius 1 is 1.26 bits per heavy atom. The van der Waals surface area contributed by atoms with E-state index in [1.807, 2.05) is 6.92 Å². The molecule has 3 nitrogen and oxygen atoms in total. The van der Waals surface area contributed by atoms with Crippen LogP contribution in [0.1, 0.15) is 12.5 Å². The summed E-state index contributed by atoms with van der Waals surface area (Å²) in [6.07, 6.45) is 0. The average molecular weight is 333 g/mol. The number of carbonyl (C=O) groups excluding carboxylic acids is 1. The first-order valence-corrected chi connectivity index (χ1v) is 6.94. The van der Waals surface area contributed by atoms with Gasteiger partial charge in [-0.3, -0.25) is 9.69 Å². The third-order valence-corrected chi connectivity index (χ3v) is 3.72. The van der Waals surface area contributed by atoms with E-state index in [0.717, 1.165) is 0 Å². The van der Waals surface area contributed by atoms with Crippen LogP contribution in [-0.4, -0.2) is 41.9 Å². The lowest BCUT2D eigenvalue weighted by atomic mass is 10.1. The highest BCUT2D eigenvalue weighted by molar-refractivity contribution is 9.10. The zero-order chi connectivity index (χ0) is 14.0. The predicted octanol–water partition coefficient (Wildman–Crippen LogP) is 2.39. The minimum Gasteiger partial charge on any atom is -0.341 e. The van der Waals surface area contributed by atoms with E-state index >= 15 is 0 Å². The molecule has 0 N–H and O–H groups in total. The second kappa shape index (κ2) is 5.96. The Morgan fingerprint density at radius 3 is 2.42 bits per heavy atom. The van der Waals surface area contributed by atoms with Crippen molar-refractivity contribution in [2.75, 3.05) is 26.2 Å². The molecular weight excluding hydrogens is 318 g/mol. The minimum absolute atomic E-state index is 0.00618. The lowest BCUT2D eigenvalue weighted by Crippen LogP contribution is -2.49. The third kappa shape index (κ3) is 3.30. The molecule has 19 heavy (non-hydrogen) atoms. The zero-order valence-corrected chi connectivity index (χ0v) is 12.2. The zero-order valence-electron chi connectivity index (χ0n) is 10.6. The molecule has 0 aromatic heterocycles. The van der Waals surface area contributed by atoms with Crippen molar-refractivity contribution in [2.24, 2.45) is 0 Å². The Morgan fingerprint density at radius 2 is 1.89 bits per heavy atom. The van der Waals surface area contributed by atoms with Crippen molar-refractivity contribution in [3.05, 3.63) is 33.8 Å². The summed E-state index contributed by atoms with van der Waals surface area (Å²) in [4.78, 5) is 15.2. The number of benzene rings is 1. The van der Waals surface area contributed by atoms with E-state index in [0.29, 0.717) is 24.1 Å². The molecule has 1 aliphatic rings. The summed E-state index contributed by atoms with van der Waals surface area (Å²) >= 11 is 3.04. The Kier molecular flexibility index (Phi) is 4.52. The van der Waals surface area contributed by atoms with Crippen molar-refractivity contribution in [1.82, 2.24) is 9.80 Å². The van der Waals surface area contributed by atoms with E-state index in [-0.39, 0.29) is 24.6 Å². The number of hydrogen-bond donors (Lipinski definition) is 0. The van der Waals surface area contributed by atoms with Gasteiger partial charge < -0.3 is 4.90 Å². The molecule has 0 saturated carbocycles. The third-order valence-electron chi connectivity index (χ3n) is 3.27. The molecule has 1 aromatic rings. The van der Waals surface area contributed by atoms with Gasteiger partial charge in [0.1, 0.15) is 11.6 Å². The van der Waals surface area contributed by atoms with E-state index in [2.05, 4.69) is 15.9 Å². The van der Waals surface area contributed by atoms with Crippen molar-refractivity contribution in [2.45, 2.75) is 13.5 Å². The summed E-state index contributed by atoms with van der Waals surface area (Å²) < 4.78 is 27.8. The number of rotatable bonds is 3. The first-order valence-electron chi connectivity index (χ1n) is 6.14. The van der Waals surface area contributed by atoms with Gasteiger partial charge >= 0.3 is 0 Å². The van der Waals surface area contributed by atoms with Crippen LogP contribution < -0.4 is 0 Å². The van der Waals surface area contributed by atoms with Crippen LogP contribution in [0.3, 0.4) is 0 Å². The Labute approximate surface area is 119 Å². The van der Waals surface area contributed by atoms with Crippen LogP contribution in [0.15, 0.2) is 16.6 Å². The molecule has 1 heterocycles. The van der Waals surface area contributed by atoms with E-state index in [1.165, 1.54) is 12.1 Å². The van der Waals surface area contributed by atoms with Crippen LogP contribution in [-0.2, 0) is 11.3 Å². The fourth-order valence-electron chi connectivity index (χ4n) is 2.17. The summed E-state index contributed by atoms with van der Waals surface area (Å²) in [5.41, 5.74) is 0.0148. The standard InChI is InChI=1S/C13H15BrF2N2O/c1-2-18-4-3-17(8-13(18)19)7-10-11(15)5-9(14)6-12(10)16/h5-6H,2-4,7-8H2,1H3. The van der Waals surface area contributed by atoms with Gasteiger partial charge in [0, 0.05) is 36.2 Å². The predicted molar refractivity (Wildman–Crippen MR) is 71.6 cm³/mol.